The van der Waals surface area contributed by atoms with E-state index in [0.717, 1.165) is 40.2 Å². The topological polar surface area (TPSA) is 117 Å². The number of aliphatic hydroxyl groups is 1. The number of fused-ring (bicyclic) bond motifs is 1. The molecule has 0 fully saturated rings. The summed E-state index contributed by atoms with van der Waals surface area (Å²) in [5.41, 5.74) is 6.20. The van der Waals surface area contributed by atoms with Crippen LogP contribution in [0, 0.1) is 12.3 Å². The van der Waals surface area contributed by atoms with E-state index in [9.17, 15) is 5.11 Å². The van der Waals surface area contributed by atoms with Gasteiger partial charge in [-0.05, 0) is 52.3 Å². The van der Waals surface area contributed by atoms with Crippen molar-refractivity contribution in [1.29, 1.82) is 5.41 Å². The number of nitrogens with zero attached hydrogens (tertiary/aromatic N) is 5. The highest BCUT2D eigenvalue weighted by Gasteiger charge is 2.28. The van der Waals surface area contributed by atoms with Crippen molar-refractivity contribution in [3.63, 3.8) is 0 Å². The van der Waals surface area contributed by atoms with Crippen molar-refractivity contribution in [3.8, 4) is 23.1 Å². The molecule has 0 bridgehead atoms. The second-order valence-electron chi connectivity index (χ2n) is 9.92. The SMILES string of the molecule is CCC[C@@H](O)COc1ccc(Cl)c(-c2nc(C(C(C)=N)=C(C)C)c(C)c(N3Cc4cnc(OC)nc4C3)n2)c1. The van der Waals surface area contributed by atoms with Gasteiger partial charge in [0.05, 0.1) is 36.2 Å². The van der Waals surface area contributed by atoms with Crippen molar-refractivity contribution < 1.29 is 14.6 Å². The highest BCUT2D eigenvalue weighted by atomic mass is 35.5. The van der Waals surface area contributed by atoms with Gasteiger partial charge in [-0.3, -0.25) is 0 Å². The smallest absolute Gasteiger partial charge is 0.316 e. The van der Waals surface area contributed by atoms with Gasteiger partial charge >= 0.3 is 6.01 Å². The number of hydrogen-bond donors (Lipinski definition) is 2. The van der Waals surface area contributed by atoms with E-state index in [4.69, 9.17) is 36.5 Å². The molecule has 2 aromatic heterocycles. The number of methoxy groups -OCH3 is 1. The van der Waals surface area contributed by atoms with Crippen molar-refractivity contribution in [2.45, 2.75) is 66.7 Å². The largest absolute Gasteiger partial charge is 0.491 e. The highest BCUT2D eigenvalue weighted by Crippen LogP contribution is 2.37. The van der Waals surface area contributed by atoms with Gasteiger partial charge in [-0.1, -0.05) is 30.5 Å². The quantitative estimate of drug-likeness (QED) is 0.304. The Morgan fingerprint density at radius 2 is 1.95 bits per heavy atom. The Morgan fingerprint density at radius 1 is 1.18 bits per heavy atom. The van der Waals surface area contributed by atoms with Crippen molar-refractivity contribution in [1.82, 2.24) is 19.9 Å². The van der Waals surface area contributed by atoms with Gasteiger partial charge in [0.2, 0.25) is 0 Å². The van der Waals surface area contributed by atoms with E-state index in [2.05, 4.69) is 14.9 Å². The monoisotopic (exact) mass is 550 g/mol. The van der Waals surface area contributed by atoms with Gasteiger partial charge in [0.15, 0.2) is 5.82 Å². The third kappa shape index (κ3) is 6.20. The Hall–Kier alpha value is -3.56. The molecule has 0 aliphatic carbocycles. The standard InChI is InChI=1S/C29H35ClN6O3/c1-7-8-20(37)15-39-21-9-10-23(30)22(11-21)27-34-26(25(16(2)3)18(5)31)17(4)28(35-27)36-13-19-12-32-29(38-6)33-24(19)14-36/h9-12,20,31,37H,7-8,13-15H2,1-6H3/t20-/m1/s1. The summed E-state index contributed by atoms with van der Waals surface area (Å²) in [6.45, 7) is 11.0. The fraction of sp³-hybridized carbons (Fsp3) is 0.414. The van der Waals surface area contributed by atoms with Gasteiger partial charge in [-0.25, -0.2) is 15.0 Å². The summed E-state index contributed by atoms with van der Waals surface area (Å²) in [7, 11) is 1.55. The third-order valence-corrected chi connectivity index (χ3v) is 6.92. The maximum absolute atomic E-state index is 10.1. The molecule has 2 N–H and O–H groups in total. The molecule has 1 aliphatic heterocycles. The predicted molar refractivity (Wildman–Crippen MR) is 154 cm³/mol. The van der Waals surface area contributed by atoms with E-state index >= 15 is 0 Å². The Balaban J connectivity index is 1.82. The second kappa shape index (κ2) is 12.1. The summed E-state index contributed by atoms with van der Waals surface area (Å²) >= 11 is 6.67. The lowest BCUT2D eigenvalue weighted by Gasteiger charge is -2.23. The maximum atomic E-state index is 10.1. The first-order valence-electron chi connectivity index (χ1n) is 13.0. The van der Waals surface area contributed by atoms with E-state index < -0.39 is 6.10 Å². The molecular formula is C29H35ClN6O3. The summed E-state index contributed by atoms with van der Waals surface area (Å²) in [5.74, 6) is 1.72. The number of nitrogens with one attached hydrogen (secondary N) is 1. The zero-order valence-corrected chi connectivity index (χ0v) is 24.1. The van der Waals surface area contributed by atoms with Crippen LogP contribution in [-0.4, -0.2) is 50.6 Å². The number of aromatic nitrogens is 4. The Morgan fingerprint density at radius 3 is 2.62 bits per heavy atom. The zero-order valence-electron chi connectivity index (χ0n) is 23.3. The van der Waals surface area contributed by atoms with Gasteiger partial charge in [-0.15, -0.1) is 0 Å². The molecule has 0 radical (unpaired) electrons. The first-order chi connectivity index (χ1) is 18.6. The molecule has 0 saturated heterocycles. The van der Waals surface area contributed by atoms with Crippen LogP contribution in [-0.2, 0) is 13.1 Å². The fourth-order valence-electron chi connectivity index (χ4n) is 4.72. The lowest BCUT2D eigenvalue weighted by atomic mass is 9.98. The minimum atomic E-state index is -0.544. The van der Waals surface area contributed by atoms with Crippen LogP contribution >= 0.6 is 11.6 Å². The highest BCUT2D eigenvalue weighted by molar-refractivity contribution is 6.33. The van der Waals surface area contributed by atoms with Crippen LogP contribution in [0.15, 0.2) is 30.0 Å². The molecule has 10 heteroatoms. The zero-order chi connectivity index (χ0) is 28.3. The van der Waals surface area contributed by atoms with Crippen LogP contribution in [0.4, 0.5) is 5.82 Å². The average Bonchev–Trinajstić information content (AvgIpc) is 3.32. The molecule has 4 rings (SSSR count). The van der Waals surface area contributed by atoms with Crippen LogP contribution in [0.2, 0.25) is 5.02 Å². The van der Waals surface area contributed by atoms with Crippen molar-refractivity contribution >= 4 is 28.7 Å². The molecule has 3 heterocycles. The van der Waals surface area contributed by atoms with Crippen molar-refractivity contribution in [3.05, 3.63) is 57.5 Å². The van der Waals surface area contributed by atoms with Gasteiger partial charge in [0, 0.05) is 40.7 Å². The minimum Gasteiger partial charge on any atom is -0.491 e. The number of rotatable bonds is 10. The molecule has 1 aliphatic rings. The summed E-state index contributed by atoms with van der Waals surface area (Å²) in [6.07, 6.45) is 2.78. The number of aliphatic hydroxyl groups excluding tert-OH is 1. The molecule has 206 valence electrons. The minimum absolute atomic E-state index is 0.186. The number of halogens is 1. The maximum Gasteiger partial charge on any atom is 0.316 e. The predicted octanol–water partition coefficient (Wildman–Crippen LogP) is 5.80. The van der Waals surface area contributed by atoms with Gasteiger partial charge in [-0.2, -0.15) is 4.98 Å². The molecule has 0 unspecified atom stereocenters. The number of hydrogen-bond acceptors (Lipinski definition) is 9. The Labute approximate surface area is 234 Å². The van der Waals surface area contributed by atoms with Crippen molar-refractivity contribution in [2.24, 2.45) is 0 Å². The Bertz CT molecular complexity index is 1420. The van der Waals surface area contributed by atoms with E-state index in [1.165, 1.54) is 0 Å². The molecule has 0 saturated carbocycles. The van der Waals surface area contributed by atoms with Crippen molar-refractivity contribution in [2.75, 3.05) is 18.6 Å². The molecule has 1 aromatic carbocycles. The van der Waals surface area contributed by atoms with Gasteiger partial charge < -0.3 is 24.9 Å². The number of ether oxygens (including phenoxy) is 2. The molecule has 0 amide bonds. The molecule has 0 spiro atoms. The number of anilines is 1. The lowest BCUT2D eigenvalue weighted by molar-refractivity contribution is 0.0994. The second-order valence-corrected chi connectivity index (χ2v) is 10.3. The van der Waals surface area contributed by atoms with E-state index in [0.29, 0.717) is 59.1 Å². The fourth-order valence-corrected chi connectivity index (χ4v) is 4.93. The number of allylic oxidation sites excluding steroid dienone is 2. The first-order valence-corrected chi connectivity index (χ1v) is 13.4. The average molecular weight is 551 g/mol. The molecule has 39 heavy (non-hydrogen) atoms. The van der Waals surface area contributed by atoms with E-state index in [-0.39, 0.29) is 6.61 Å². The third-order valence-electron chi connectivity index (χ3n) is 6.59. The summed E-state index contributed by atoms with van der Waals surface area (Å²) in [6, 6.07) is 5.65. The van der Waals surface area contributed by atoms with Crippen LogP contribution in [0.1, 0.15) is 63.1 Å². The van der Waals surface area contributed by atoms with E-state index in [1.54, 1.807) is 38.4 Å². The number of benzene rings is 1. The van der Waals surface area contributed by atoms with E-state index in [1.807, 2.05) is 27.7 Å². The van der Waals surface area contributed by atoms with Crippen LogP contribution < -0.4 is 14.4 Å². The summed E-state index contributed by atoms with van der Waals surface area (Å²) < 4.78 is 11.1. The van der Waals surface area contributed by atoms with Gasteiger partial charge in [0.25, 0.3) is 0 Å². The first kappa shape index (κ1) is 28.4. The molecular weight excluding hydrogens is 516 g/mol. The summed E-state index contributed by atoms with van der Waals surface area (Å²) in [5, 5.41) is 19.1. The molecule has 9 nitrogen and oxygen atoms in total. The van der Waals surface area contributed by atoms with Crippen LogP contribution in [0.25, 0.3) is 17.0 Å². The lowest BCUT2D eigenvalue weighted by Crippen LogP contribution is -2.20. The van der Waals surface area contributed by atoms with Crippen LogP contribution in [0.3, 0.4) is 0 Å². The van der Waals surface area contributed by atoms with Crippen LogP contribution in [0.5, 0.6) is 11.8 Å². The summed E-state index contributed by atoms with van der Waals surface area (Å²) in [4.78, 5) is 20.9. The van der Waals surface area contributed by atoms with Gasteiger partial charge in [0.1, 0.15) is 18.2 Å². The molecule has 3 aromatic rings. The molecule has 1 atom stereocenters. The Kier molecular flexibility index (Phi) is 8.82. The normalized spacial score (nSPS) is 13.2.